The minimum absolute atomic E-state index is 0.0677. The zero-order chi connectivity index (χ0) is 15.6. The number of hydrogen-bond acceptors (Lipinski definition) is 3. The molecule has 110 valence electrons. The second-order valence-electron chi connectivity index (χ2n) is 4.13. The van der Waals surface area contributed by atoms with Gasteiger partial charge in [0.25, 0.3) is 5.69 Å². The number of nitro groups is 1. The summed E-state index contributed by atoms with van der Waals surface area (Å²) in [5.41, 5.74) is -0.731. The first-order valence-corrected chi connectivity index (χ1v) is 6.49. The molecule has 0 aliphatic rings. The van der Waals surface area contributed by atoms with Crippen molar-refractivity contribution in [2.75, 3.05) is 5.32 Å². The van der Waals surface area contributed by atoms with Crippen LogP contribution in [-0.4, -0.2) is 4.92 Å². The van der Waals surface area contributed by atoms with Gasteiger partial charge in [-0.25, -0.2) is 13.2 Å². The fraction of sp³-hybridized carbons (Fsp3) is 0.0769. The quantitative estimate of drug-likeness (QED) is 0.649. The Balaban J connectivity index is 2.32. The molecule has 8 heteroatoms. The van der Waals surface area contributed by atoms with Gasteiger partial charge in [0.15, 0.2) is 5.82 Å². The Morgan fingerprint density at radius 3 is 2.52 bits per heavy atom. The van der Waals surface area contributed by atoms with Gasteiger partial charge in [0.2, 0.25) is 0 Å². The van der Waals surface area contributed by atoms with Crippen LogP contribution in [0.2, 0.25) is 0 Å². The van der Waals surface area contributed by atoms with Crippen LogP contribution in [0.5, 0.6) is 0 Å². The number of rotatable bonds is 4. The van der Waals surface area contributed by atoms with Gasteiger partial charge in [0.1, 0.15) is 17.3 Å². The molecule has 2 aromatic rings. The number of hydrogen-bond donors (Lipinski definition) is 1. The van der Waals surface area contributed by atoms with Crippen LogP contribution in [0.3, 0.4) is 0 Å². The Bertz CT molecular complexity index is 710. The van der Waals surface area contributed by atoms with Crippen LogP contribution in [0, 0.1) is 27.6 Å². The maximum absolute atomic E-state index is 13.7. The van der Waals surface area contributed by atoms with Crippen molar-refractivity contribution in [1.82, 2.24) is 0 Å². The fourth-order valence-electron chi connectivity index (χ4n) is 1.74. The lowest BCUT2D eigenvalue weighted by molar-refractivity contribution is -0.384. The van der Waals surface area contributed by atoms with Crippen molar-refractivity contribution < 1.29 is 18.1 Å². The van der Waals surface area contributed by atoms with Crippen LogP contribution in [0.25, 0.3) is 0 Å². The lowest BCUT2D eigenvalue weighted by Crippen LogP contribution is -2.06. The van der Waals surface area contributed by atoms with Crippen molar-refractivity contribution >= 4 is 27.3 Å². The molecular formula is C13H8BrF3N2O2. The van der Waals surface area contributed by atoms with E-state index in [1.54, 1.807) is 0 Å². The average molecular weight is 361 g/mol. The average Bonchev–Trinajstić information content (AvgIpc) is 2.40. The van der Waals surface area contributed by atoms with Gasteiger partial charge >= 0.3 is 0 Å². The predicted octanol–water partition coefficient (Wildman–Crippen LogP) is 4.39. The molecule has 1 N–H and O–H groups in total. The summed E-state index contributed by atoms with van der Waals surface area (Å²) in [5.74, 6) is -2.63. The largest absolute Gasteiger partial charge is 0.373 e. The van der Waals surface area contributed by atoms with E-state index >= 15 is 0 Å². The summed E-state index contributed by atoms with van der Waals surface area (Å²) in [5, 5.41) is 13.3. The van der Waals surface area contributed by atoms with Crippen LogP contribution < -0.4 is 5.32 Å². The minimum atomic E-state index is -1.09. The summed E-state index contributed by atoms with van der Waals surface area (Å²) >= 11 is 3.19. The van der Waals surface area contributed by atoms with Crippen LogP contribution in [0.1, 0.15) is 5.56 Å². The van der Waals surface area contributed by atoms with Gasteiger partial charge in [-0.05, 0) is 23.8 Å². The molecule has 0 heterocycles. The maximum atomic E-state index is 13.7. The topological polar surface area (TPSA) is 55.2 Å². The summed E-state index contributed by atoms with van der Waals surface area (Å²) in [6.45, 7) is -0.0677. The third kappa shape index (κ3) is 3.52. The molecule has 0 radical (unpaired) electrons. The van der Waals surface area contributed by atoms with Crippen LogP contribution >= 0.6 is 15.9 Å². The smallest absolute Gasteiger partial charge is 0.298 e. The lowest BCUT2D eigenvalue weighted by Gasteiger charge is -2.10. The molecule has 0 aliphatic carbocycles. The van der Waals surface area contributed by atoms with Crippen LogP contribution in [0.15, 0.2) is 34.8 Å². The van der Waals surface area contributed by atoms with E-state index in [9.17, 15) is 23.3 Å². The molecule has 2 aromatic carbocycles. The van der Waals surface area contributed by atoms with Crippen molar-refractivity contribution in [1.29, 1.82) is 0 Å². The number of nitrogens with one attached hydrogen (secondary N) is 1. The van der Waals surface area contributed by atoms with Gasteiger partial charge in [-0.3, -0.25) is 10.1 Å². The Labute approximate surface area is 125 Å². The van der Waals surface area contributed by atoms with Crippen molar-refractivity contribution in [3.8, 4) is 0 Å². The molecule has 0 fully saturated rings. The zero-order valence-electron chi connectivity index (χ0n) is 10.4. The van der Waals surface area contributed by atoms with E-state index in [1.807, 2.05) is 0 Å². The third-order valence-corrected chi connectivity index (χ3v) is 3.47. The van der Waals surface area contributed by atoms with Gasteiger partial charge in [0.05, 0.1) is 11.0 Å². The molecular weight excluding hydrogens is 353 g/mol. The number of nitro benzene ring substituents is 1. The van der Waals surface area contributed by atoms with Crippen molar-refractivity contribution in [2.45, 2.75) is 6.54 Å². The van der Waals surface area contributed by atoms with E-state index in [0.29, 0.717) is 22.2 Å². The molecule has 0 bridgehead atoms. The Kier molecular flexibility index (Phi) is 4.46. The Hall–Kier alpha value is -2.09. The summed E-state index contributed by atoms with van der Waals surface area (Å²) in [4.78, 5) is 9.93. The molecule has 0 saturated heterocycles. The summed E-state index contributed by atoms with van der Waals surface area (Å²) in [6, 6.07) is 5.04. The van der Waals surface area contributed by atoms with Gasteiger partial charge in [-0.2, -0.15) is 0 Å². The molecule has 0 unspecified atom stereocenters. The standard InChI is InChI=1S/C13H8BrF3N2O2/c14-10-2-1-8(15)3-7(10)6-18-13-11(17)4-9(16)5-12(13)19(20)21/h1-5,18H,6H2. The molecule has 0 aliphatic heterocycles. The molecule has 0 atom stereocenters. The lowest BCUT2D eigenvalue weighted by atomic mass is 10.2. The Morgan fingerprint density at radius 1 is 1.14 bits per heavy atom. The molecule has 4 nitrogen and oxygen atoms in total. The number of halogens is 4. The van der Waals surface area contributed by atoms with E-state index in [0.717, 1.165) is 0 Å². The van der Waals surface area contributed by atoms with E-state index in [4.69, 9.17) is 0 Å². The number of benzene rings is 2. The van der Waals surface area contributed by atoms with Gasteiger partial charge in [-0.15, -0.1) is 0 Å². The fourth-order valence-corrected chi connectivity index (χ4v) is 2.13. The first-order chi connectivity index (χ1) is 9.88. The molecule has 0 aromatic heterocycles. The molecule has 2 rings (SSSR count). The summed E-state index contributed by atoms with van der Waals surface area (Å²) in [6.07, 6.45) is 0. The van der Waals surface area contributed by atoms with Crippen molar-refractivity contribution in [3.63, 3.8) is 0 Å². The van der Waals surface area contributed by atoms with E-state index in [-0.39, 0.29) is 6.54 Å². The predicted molar refractivity (Wildman–Crippen MR) is 74.4 cm³/mol. The molecule has 0 spiro atoms. The minimum Gasteiger partial charge on any atom is -0.373 e. The van der Waals surface area contributed by atoms with Crippen LogP contribution in [0.4, 0.5) is 24.5 Å². The zero-order valence-corrected chi connectivity index (χ0v) is 12.0. The van der Waals surface area contributed by atoms with E-state index in [1.165, 1.54) is 18.2 Å². The van der Waals surface area contributed by atoms with Crippen molar-refractivity contribution in [2.24, 2.45) is 0 Å². The number of nitrogens with zero attached hydrogens (tertiary/aromatic N) is 1. The normalized spacial score (nSPS) is 10.5. The van der Waals surface area contributed by atoms with Crippen LogP contribution in [-0.2, 0) is 6.54 Å². The summed E-state index contributed by atoms with van der Waals surface area (Å²) in [7, 11) is 0. The second kappa shape index (κ2) is 6.13. The highest BCUT2D eigenvalue weighted by molar-refractivity contribution is 9.10. The second-order valence-corrected chi connectivity index (χ2v) is 4.98. The Morgan fingerprint density at radius 2 is 1.86 bits per heavy atom. The number of anilines is 1. The van der Waals surface area contributed by atoms with Crippen molar-refractivity contribution in [3.05, 3.63) is 67.9 Å². The maximum Gasteiger partial charge on any atom is 0.298 e. The molecule has 0 saturated carbocycles. The third-order valence-electron chi connectivity index (χ3n) is 2.69. The molecule has 21 heavy (non-hydrogen) atoms. The first kappa shape index (κ1) is 15.3. The van der Waals surface area contributed by atoms with Gasteiger partial charge < -0.3 is 5.32 Å². The highest BCUT2D eigenvalue weighted by Gasteiger charge is 2.20. The van der Waals surface area contributed by atoms with Gasteiger partial charge in [-0.1, -0.05) is 15.9 Å². The first-order valence-electron chi connectivity index (χ1n) is 5.69. The molecule has 0 amide bonds. The monoisotopic (exact) mass is 360 g/mol. The highest BCUT2D eigenvalue weighted by Crippen LogP contribution is 2.29. The van der Waals surface area contributed by atoms with E-state index in [2.05, 4.69) is 21.2 Å². The van der Waals surface area contributed by atoms with Gasteiger partial charge in [0, 0.05) is 17.1 Å². The summed E-state index contributed by atoms with van der Waals surface area (Å²) < 4.78 is 40.4. The highest BCUT2D eigenvalue weighted by atomic mass is 79.9. The SMILES string of the molecule is O=[N+]([O-])c1cc(F)cc(F)c1NCc1cc(F)ccc1Br. The van der Waals surface area contributed by atoms with E-state index < -0.39 is 33.7 Å².